The van der Waals surface area contributed by atoms with Gasteiger partial charge in [-0.05, 0) is 30.5 Å². The monoisotopic (exact) mass is 460 g/mol. The van der Waals surface area contributed by atoms with Crippen molar-refractivity contribution in [3.05, 3.63) is 77.5 Å². The molecule has 0 aliphatic heterocycles. The smallest absolute Gasteiger partial charge is 0.245 e. The summed E-state index contributed by atoms with van der Waals surface area (Å²) in [6.07, 6.45) is 2.18. The molecule has 0 spiro atoms. The normalized spacial score (nSPS) is 11.3. The number of aryl methyl sites for hydroxylation is 1. The zero-order valence-corrected chi connectivity index (χ0v) is 21.0. The molecule has 2 amide bonds. The van der Waals surface area contributed by atoms with E-state index in [0.717, 1.165) is 35.3 Å². The third-order valence-corrected chi connectivity index (χ3v) is 5.74. The van der Waals surface area contributed by atoms with Crippen molar-refractivity contribution < 1.29 is 9.59 Å². The van der Waals surface area contributed by atoms with Crippen molar-refractivity contribution in [1.82, 2.24) is 14.7 Å². The number of rotatable bonds is 9. The number of hydrogen-bond donors (Lipinski definition) is 1. The number of anilines is 1. The molecular formula is C28H36N4O2. The highest BCUT2D eigenvalue weighted by Crippen LogP contribution is 2.27. The van der Waals surface area contributed by atoms with Crippen LogP contribution in [0.4, 0.5) is 5.82 Å². The maximum absolute atomic E-state index is 13.2. The van der Waals surface area contributed by atoms with Crippen LogP contribution in [-0.2, 0) is 21.5 Å². The Morgan fingerprint density at radius 3 is 2.35 bits per heavy atom. The van der Waals surface area contributed by atoms with Crippen molar-refractivity contribution in [2.24, 2.45) is 0 Å². The number of hydrogen-bond acceptors (Lipinski definition) is 3. The summed E-state index contributed by atoms with van der Waals surface area (Å²) < 4.78 is 1.79. The van der Waals surface area contributed by atoms with E-state index in [9.17, 15) is 9.59 Å². The lowest BCUT2D eigenvalue weighted by molar-refractivity contribution is -0.135. The molecular weight excluding hydrogens is 424 g/mol. The minimum Gasteiger partial charge on any atom is -0.329 e. The molecule has 1 aromatic heterocycles. The number of unbranched alkanes of at least 4 members (excludes halogenated alkanes) is 1. The molecule has 1 heterocycles. The summed E-state index contributed by atoms with van der Waals surface area (Å²) in [6, 6.07) is 19.6. The largest absolute Gasteiger partial charge is 0.329 e. The van der Waals surface area contributed by atoms with Crippen LogP contribution in [0.15, 0.2) is 60.7 Å². The summed E-state index contributed by atoms with van der Waals surface area (Å²) in [6.45, 7) is 10.8. The quantitative estimate of drug-likeness (QED) is 0.450. The summed E-state index contributed by atoms with van der Waals surface area (Å²) in [4.78, 5) is 27.7. The Morgan fingerprint density at radius 1 is 1.03 bits per heavy atom. The van der Waals surface area contributed by atoms with Crippen LogP contribution in [0.25, 0.3) is 5.69 Å². The molecule has 3 aromatic rings. The average Bonchev–Trinajstić information content (AvgIpc) is 3.22. The third kappa shape index (κ3) is 6.56. The number of benzene rings is 2. The number of para-hydroxylation sites is 1. The molecule has 0 radical (unpaired) electrons. The van der Waals surface area contributed by atoms with Gasteiger partial charge >= 0.3 is 0 Å². The average molecular weight is 461 g/mol. The minimum atomic E-state index is -0.240. The SMILES string of the molecule is CCCCC(=O)N(CC(=O)Nc1cc(C(C)(C)C)nn1-c1ccccc1C)Cc1ccccc1. The molecule has 0 bridgehead atoms. The Bertz CT molecular complexity index is 1110. The summed E-state index contributed by atoms with van der Waals surface area (Å²) in [7, 11) is 0. The first-order valence-electron chi connectivity index (χ1n) is 12.0. The zero-order valence-electron chi connectivity index (χ0n) is 21.0. The lowest BCUT2D eigenvalue weighted by Crippen LogP contribution is -2.37. The third-order valence-electron chi connectivity index (χ3n) is 5.74. The van der Waals surface area contributed by atoms with E-state index >= 15 is 0 Å². The van der Waals surface area contributed by atoms with Gasteiger partial charge in [0.15, 0.2) is 0 Å². The van der Waals surface area contributed by atoms with E-state index in [1.54, 1.807) is 9.58 Å². The second-order valence-corrected chi connectivity index (χ2v) is 9.75. The lowest BCUT2D eigenvalue weighted by Gasteiger charge is -2.22. The summed E-state index contributed by atoms with van der Waals surface area (Å²) in [5.41, 5.74) is 3.67. The van der Waals surface area contributed by atoms with Gasteiger partial charge in [-0.25, -0.2) is 4.68 Å². The zero-order chi connectivity index (χ0) is 24.7. The van der Waals surface area contributed by atoms with E-state index < -0.39 is 0 Å². The van der Waals surface area contributed by atoms with Gasteiger partial charge in [0.2, 0.25) is 11.8 Å². The van der Waals surface area contributed by atoms with Crippen LogP contribution in [0, 0.1) is 6.92 Å². The first-order chi connectivity index (χ1) is 16.2. The second-order valence-electron chi connectivity index (χ2n) is 9.75. The number of aromatic nitrogens is 2. The summed E-state index contributed by atoms with van der Waals surface area (Å²) in [5.74, 6) is 0.351. The Balaban J connectivity index is 1.85. The van der Waals surface area contributed by atoms with E-state index in [-0.39, 0.29) is 23.8 Å². The summed E-state index contributed by atoms with van der Waals surface area (Å²) >= 11 is 0. The topological polar surface area (TPSA) is 67.2 Å². The molecule has 1 N–H and O–H groups in total. The summed E-state index contributed by atoms with van der Waals surface area (Å²) in [5, 5.41) is 7.83. The van der Waals surface area contributed by atoms with Gasteiger partial charge in [-0.15, -0.1) is 0 Å². The fourth-order valence-corrected chi connectivity index (χ4v) is 3.70. The second kappa shape index (κ2) is 11.1. The fourth-order valence-electron chi connectivity index (χ4n) is 3.70. The maximum Gasteiger partial charge on any atom is 0.245 e. The van der Waals surface area contributed by atoms with E-state index in [1.807, 2.05) is 67.6 Å². The maximum atomic E-state index is 13.2. The van der Waals surface area contributed by atoms with Gasteiger partial charge in [0.05, 0.1) is 11.4 Å². The molecule has 6 heteroatoms. The van der Waals surface area contributed by atoms with E-state index in [4.69, 9.17) is 5.10 Å². The van der Waals surface area contributed by atoms with Gasteiger partial charge in [-0.2, -0.15) is 5.10 Å². The number of carbonyl (C=O) groups excluding carboxylic acids is 2. The highest BCUT2D eigenvalue weighted by atomic mass is 16.2. The highest BCUT2D eigenvalue weighted by Gasteiger charge is 2.23. The Hall–Kier alpha value is -3.41. The van der Waals surface area contributed by atoms with Gasteiger partial charge in [-0.1, -0.05) is 82.6 Å². The standard InChI is InChI=1S/C28H36N4O2/c1-6-7-17-27(34)31(19-22-14-9-8-10-15-22)20-26(33)29-25-18-24(28(3,4)5)30-32(25)23-16-12-11-13-21(23)2/h8-16,18H,6-7,17,19-20H2,1-5H3,(H,29,33). The molecule has 2 aromatic carbocycles. The van der Waals surface area contributed by atoms with E-state index in [2.05, 4.69) is 33.0 Å². The predicted octanol–water partition coefficient (Wildman–Crippen LogP) is 5.64. The fraction of sp³-hybridized carbons (Fsp3) is 0.393. The molecule has 0 saturated carbocycles. The molecule has 0 aliphatic rings. The van der Waals surface area contributed by atoms with Crippen molar-refractivity contribution in [3.8, 4) is 5.69 Å². The Morgan fingerprint density at radius 2 is 1.71 bits per heavy atom. The van der Waals surface area contributed by atoms with Gasteiger partial charge < -0.3 is 10.2 Å². The van der Waals surface area contributed by atoms with Crippen LogP contribution in [-0.4, -0.2) is 33.0 Å². The Labute approximate surface area is 203 Å². The minimum absolute atomic E-state index is 0.0105. The molecule has 3 rings (SSSR count). The van der Waals surface area contributed by atoms with Crippen LogP contribution >= 0.6 is 0 Å². The molecule has 0 fully saturated rings. The van der Waals surface area contributed by atoms with Crippen LogP contribution in [0.3, 0.4) is 0 Å². The number of carbonyl (C=O) groups is 2. The van der Waals surface area contributed by atoms with Crippen molar-refractivity contribution in [1.29, 1.82) is 0 Å². The molecule has 0 unspecified atom stereocenters. The van der Waals surface area contributed by atoms with Gasteiger partial charge in [0.1, 0.15) is 12.4 Å². The number of nitrogens with zero attached hydrogens (tertiary/aromatic N) is 3. The lowest BCUT2D eigenvalue weighted by atomic mass is 9.92. The first kappa shape index (κ1) is 25.2. The molecule has 0 atom stereocenters. The molecule has 180 valence electrons. The van der Waals surface area contributed by atoms with Crippen molar-refractivity contribution in [2.45, 2.75) is 65.8 Å². The van der Waals surface area contributed by atoms with Crippen LogP contribution in [0.1, 0.15) is 63.8 Å². The predicted molar refractivity (Wildman–Crippen MR) is 137 cm³/mol. The van der Waals surface area contributed by atoms with Crippen molar-refractivity contribution in [3.63, 3.8) is 0 Å². The number of amides is 2. The first-order valence-corrected chi connectivity index (χ1v) is 12.0. The molecule has 6 nitrogen and oxygen atoms in total. The van der Waals surface area contributed by atoms with E-state index in [1.165, 1.54) is 0 Å². The van der Waals surface area contributed by atoms with Crippen LogP contribution < -0.4 is 5.32 Å². The number of nitrogens with one attached hydrogen (secondary N) is 1. The highest BCUT2D eigenvalue weighted by molar-refractivity contribution is 5.94. The van der Waals surface area contributed by atoms with Crippen molar-refractivity contribution >= 4 is 17.6 Å². The molecule has 0 aliphatic carbocycles. The van der Waals surface area contributed by atoms with E-state index in [0.29, 0.717) is 18.8 Å². The van der Waals surface area contributed by atoms with Crippen LogP contribution in [0.2, 0.25) is 0 Å². The van der Waals surface area contributed by atoms with Gasteiger partial charge in [0.25, 0.3) is 0 Å². The van der Waals surface area contributed by atoms with Gasteiger partial charge in [-0.3, -0.25) is 9.59 Å². The molecule has 34 heavy (non-hydrogen) atoms. The van der Waals surface area contributed by atoms with Crippen molar-refractivity contribution in [2.75, 3.05) is 11.9 Å². The molecule has 0 saturated heterocycles. The Kier molecular flexibility index (Phi) is 8.26. The van der Waals surface area contributed by atoms with Crippen LogP contribution in [0.5, 0.6) is 0 Å². The van der Waals surface area contributed by atoms with Gasteiger partial charge in [0, 0.05) is 24.4 Å².